The predicted molar refractivity (Wildman–Crippen MR) is 42.2 cm³/mol. The molecule has 1 aliphatic carbocycles. The Kier molecular flexibility index (Phi) is 3.02. The Morgan fingerprint density at radius 3 is 2.00 bits per heavy atom. The topological polar surface area (TPSA) is 34.1 Å². The van der Waals surface area contributed by atoms with Gasteiger partial charge in [-0.25, -0.2) is 0 Å². The van der Waals surface area contributed by atoms with Crippen molar-refractivity contribution in [3.63, 3.8) is 0 Å². The van der Waals surface area contributed by atoms with E-state index in [0.717, 1.165) is 31.3 Å². The first-order valence-corrected chi connectivity index (χ1v) is 4.01. The molecule has 1 saturated carbocycles. The molecule has 0 radical (unpaired) electrons. The van der Waals surface area contributed by atoms with Gasteiger partial charge < -0.3 is 0 Å². The van der Waals surface area contributed by atoms with Crippen LogP contribution in [0.1, 0.15) is 32.1 Å². The third-order valence-corrected chi connectivity index (χ3v) is 2.12. The summed E-state index contributed by atoms with van der Waals surface area (Å²) in [4.78, 5) is 20.7. The molecule has 60 valence electrons. The van der Waals surface area contributed by atoms with Crippen molar-refractivity contribution in [1.29, 1.82) is 0 Å². The van der Waals surface area contributed by atoms with Gasteiger partial charge >= 0.3 is 0 Å². The summed E-state index contributed by atoms with van der Waals surface area (Å²) >= 11 is 0. The van der Waals surface area contributed by atoms with E-state index in [2.05, 4.69) is 0 Å². The van der Waals surface area contributed by atoms with Crippen molar-refractivity contribution in [3.8, 4) is 0 Å². The molecule has 0 N–H and O–H groups in total. The van der Waals surface area contributed by atoms with E-state index in [1.807, 2.05) is 0 Å². The number of hydrogen-bond donors (Lipinski definition) is 0. The van der Waals surface area contributed by atoms with Gasteiger partial charge in [-0.1, -0.05) is 12.0 Å². The van der Waals surface area contributed by atoms with Crippen LogP contribution in [0.2, 0.25) is 0 Å². The van der Waals surface area contributed by atoms with E-state index < -0.39 is 0 Å². The molecule has 1 rings (SSSR count). The quantitative estimate of drug-likeness (QED) is 0.261. The van der Waals surface area contributed by atoms with Crippen LogP contribution in [0.4, 0.5) is 0 Å². The normalized spacial score (nSPS) is 17.6. The Bertz CT molecular complexity index is 174. The van der Waals surface area contributed by atoms with Gasteiger partial charge in [0.15, 0.2) is 12.6 Å². The van der Waals surface area contributed by atoms with Gasteiger partial charge in [0.25, 0.3) is 0 Å². The van der Waals surface area contributed by atoms with E-state index in [1.54, 1.807) is 0 Å². The van der Waals surface area contributed by atoms with Gasteiger partial charge in [-0.2, -0.15) is 0 Å². The fraction of sp³-hybridized carbons (Fsp3) is 0.556. The zero-order valence-electron chi connectivity index (χ0n) is 6.51. The van der Waals surface area contributed by atoms with E-state index >= 15 is 0 Å². The molecule has 0 amide bonds. The minimum atomic E-state index is 0.379. The molecular weight excluding hydrogens is 140 g/mol. The van der Waals surface area contributed by atoms with Crippen molar-refractivity contribution in [3.05, 3.63) is 11.1 Å². The lowest BCUT2D eigenvalue weighted by Crippen LogP contribution is -2.00. The van der Waals surface area contributed by atoms with E-state index in [-0.39, 0.29) is 0 Å². The second-order valence-electron chi connectivity index (χ2n) is 2.86. The third-order valence-electron chi connectivity index (χ3n) is 2.12. The largest absolute Gasteiger partial charge is 0.298 e. The molecule has 11 heavy (non-hydrogen) atoms. The summed E-state index contributed by atoms with van der Waals surface area (Å²) in [5.41, 5.74) is 1.44. The zero-order valence-corrected chi connectivity index (χ0v) is 6.51. The molecule has 0 spiro atoms. The third kappa shape index (κ3) is 2.00. The van der Waals surface area contributed by atoms with E-state index in [1.165, 1.54) is 6.42 Å². The lowest BCUT2D eigenvalue weighted by Gasteiger charge is -2.13. The van der Waals surface area contributed by atoms with Crippen molar-refractivity contribution in [2.75, 3.05) is 0 Å². The van der Waals surface area contributed by atoms with Gasteiger partial charge in [-0.05, 0) is 25.7 Å². The molecule has 1 fully saturated rings. The van der Waals surface area contributed by atoms with Gasteiger partial charge in [-0.15, -0.1) is 0 Å². The molecule has 0 aromatic heterocycles. The highest BCUT2D eigenvalue weighted by Gasteiger charge is 2.09. The van der Waals surface area contributed by atoms with Crippen LogP contribution in [0, 0.1) is 0 Å². The Labute approximate surface area is 66.3 Å². The predicted octanol–water partition coefficient (Wildman–Crippen LogP) is 1.64. The van der Waals surface area contributed by atoms with Crippen molar-refractivity contribution >= 4 is 12.6 Å². The number of rotatable bonds is 2. The zero-order chi connectivity index (χ0) is 8.10. The second kappa shape index (κ2) is 4.06. The average molecular weight is 152 g/mol. The smallest absolute Gasteiger partial charge is 0.153 e. The number of carbonyl (C=O) groups is 2. The molecule has 0 unspecified atom stereocenters. The maximum absolute atomic E-state index is 10.3. The first kappa shape index (κ1) is 8.18. The lowest BCUT2D eigenvalue weighted by molar-refractivity contribution is -0.109. The summed E-state index contributed by atoms with van der Waals surface area (Å²) in [6.07, 6.45) is 6.70. The summed E-state index contributed by atoms with van der Waals surface area (Å²) in [6, 6.07) is 0. The van der Waals surface area contributed by atoms with Crippen LogP contribution in [0.25, 0.3) is 0 Å². The maximum atomic E-state index is 10.3. The number of allylic oxidation sites excluding steroid dienone is 2. The number of hydrogen-bond acceptors (Lipinski definition) is 2. The van der Waals surface area contributed by atoms with Crippen LogP contribution in [-0.4, -0.2) is 12.6 Å². The van der Waals surface area contributed by atoms with E-state index in [4.69, 9.17) is 0 Å². The molecule has 0 bridgehead atoms. The Morgan fingerprint density at radius 2 is 1.55 bits per heavy atom. The standard InChI is InChI=1S/C9H12O2/c10-6-9(7-11)8-4-2-1-3-5-8/h6-7H,1-5H2. The molecule has 0 aromatic carbocycles. The van der Waals surface area contributed by atoms with Gasteiger partial charge in [0.2, 0.25) is 0 Å². The van der Waals surface area contributed by atoms with E-state index in [0.29, 0.717) is 18.1 Å². The lowest BCUT2D eigenvalue weighted by atomic mass is 9.92. The molecule has 1 aliphatic rings. The van der Waals surface area contributed by atoms with Gasteiger partial charge in [-0.3, -0.25) is 9.59 Å². The first-order chi connectivity index (χ1) is 5.38. The van der Waals surface area contributed by atoms with E-state index in [9.17, 15) is 9.59 Å². The highest BCUT2D eigenvalue weighted by Crippen LogP contribution is 2.24. The monoisotopic (exact) mass is 152 g/mol. The molecule has 0 heterocycles. The van der Waals surface area contributed by atoms with Gasteiger partial charge in [0, 0.05) is 0 Å². The summed E-state index contributed by atoms with van der Waals surface area (Å²) < 4.78 is 0. The van der Waals surface area contributed by atoms with Crippen LogP contribution < -0.4 is 0 Å². The van der Waals surface area contributed by atoms with Crippen LogP contribution >= 0.6 is 0 Å². The summed E-state index contributed by atoms with van der Waals surface area (Å²) in [6.45, 7) is 0. The molecule has 2 nitrogen and oxygen atoms in total. The van der Waals surface area contributed by atoms with Gasteiger partial charge in [0.05, 0.1) is 5.57 Å². The summed E-state index contributed by atoms with van der Waals surface area (Å²) in [5, 5.41) is 0. The van der Waals surface area contributed by atoms with Crippen LogP contribution in [0.3, 0.4) is 0 Å². The SMILES string of the molecule is O=CC(C=O)=C1CCCCC1. The van der Waals surface area contributed by atoms with Crippen LogP contribution in [0.5, 0.6) is 0 Å². The highest BCUT2D eigenvalue weighted by molar-refractivity contribution is 6.00. The van der Waals surface area contributed by atoms with Crippen LogP contribution in [0.15, 0.2) is 11.1 Å². The Morgan fingerprint density at radius 1 is 1.00 bits per heavy atom. The summed E-state index contributed by atoms with van der Waals surface area (Å²) in [5.74, 6) is 0. The molecule has 0 aliphatic heterocycles. The summed E-state index contributed by atoms with van der Waals surface area (Å²) in [7, 11) is 0. The van der Waals surface area contributed by atoms with Crippen LogP contribution in [-0.2, 0) is 9.59 Å². The molecular formula is C9H12O2. The Balaban J connectivity index is 2.72. The average Bonchev–Trinajstić information content (AvgIpc) is 2.09. The highest BCUT2D eigenvalue weighted by atomic mass is 16.1. The fourth-order valence-electron chi connectivity index (χ4n) is 1.46. The fourth-order valence-corrected chi connectivity index (χ4v) is 1.46. The molecule has 2 heteroatoms. The van der Waals surface area contributed by atoms with Crippen molar-refractivity contribution < 1.29 is 9.59 Å². The van der Waals surface area contributed by atoms with Crippen molar-refractivity contribution in [2.24, 2.45) is 0 Å². The first-order valence-electron chi connectivity index (χ1n) is 4.01. The van der Waals surface area contributed by atoms with Crippen molar-refractivity contribution in [2.45, 2.75) is 32.1 Å². The number of carbonyl (C=O) groups excluding carboxylic acids is 2. The molecule has 0 saturated heterocycles. The Hall–Kier alpha value is -0.920. The molecule has 0 aromatic rings. The molecule has 0 atom stereocenters. The number of aldehydes is 2. The minimum absolute atomic E-state index is 0.379. The van der Waals surface area contributed by atoms with Crippen molar-refractivity contribution in [1.82, 2.24) is 0 Å². The minimum Gasteiger partial charge on any atom is -0.298 e. The second-order valence-corrected chi connectivity index (χ2v) is 2.86. The maximum Gasteiger partial charge on any atom is 0.153 e. The van der Waals surface area contributed by atoms with Gasteiger partial charge in [0.1, 0.15) is 0 Å².